The van der Waals surface area contributed by atoms with Crippen LogP contribution in [0.5, 0.6) is 0 Å². The van der Waals surface area contributed by atoms with E-state index in [1.54, 1.807) is 59.8 Å². The Morgan fingerprint density at radius 3 is 2.42 bits per heavy atom. The molecular weight excluding hydrogens is 601 g/mol. The number of amides is 1. The summed E-state index contributed by atoms with van der Waals surface area (Å²) < 4.78 is 1.79. The van der Waals surface area contributed by atoms with Crippen molar-refractivity contribution in [2.45, 2.75) is 10.5 Å². The molecule has 3 aromatic heterocycles. The third-order valence-electron chi connectivity index (χ3n) is 7.10. The van der Waals surface area contributed by atoms with Crippen molar-refractivity contribution < 1.29 is 9.90 Å². The van der Waals surface area contributed by atoms with Crippen LogP contribution in [0.1, 0.15) is 16.8 Å². The molecule has 0 spiro atoms. The number of aromatic nitrogens is 4. The number of aryl methyl sites for hydroxylation is 1. The molecule has 0 saturated heterocycles. The first-order valence-corrected chi connectivity index (χ1v) is 15.0. The molecule has 1 atom stereocenters. The summed E-state index contributed by atoms with van der Waals surface area (Å²) in [7, 11) is 1.84. The molecule has 3 aromatic carbocycles. The number of thioether (sulfide) groups is 1. The highest BCUT2D eigenvalue weighted by Crippen LogP contribution is 2.40. The summed E-state index contributed by atoms with van der Waals surface area (Å²) in [6.07, 6.45) is 6.69. The smallest absolute Gasteiger partial charge is 0.235 e. The predicted octanol–water partition coefficient (Wildman–Crippen LogP) is 7.35. The zero-order valence-corrected chi connectivity index (χ0v) is 25.2. The lowest BCUT2D eigenvalue weighted by molar-refractivity contribution is -0.113. The van der Waals surface area contributed by atoms with Crippen molar-refractivity contribution in [3.8, 4) is 11.1 Å². The Morgan fingerprint density at radius 1 is 0.930 bits per heavy atom. The second kappa shape index (κ2) is 12.2. The van der Waals surface area contributed by atoms with Crippen LogP contribution in [0.2, 0.25) is 10.0 Å². The van der Waals surface area contributed by atoms with Gasteiger partial charge in [0.2, 0.25) is 5.91 Å². The molecule has 0 aliphatic carbocycles. The van der Waals surface area contributed by atoms with Gasteiger partial charge in [-0.05, 0) is 76.9 Å². The monoisotopic (exact) mass is 625 g/mol. The Morgan fingerprint density at radius 2 is 1.70 bits per heavy atom. The van der Waals surface area contributed by atoms with Gasteiger partial charge in [-0.3, -0.25) is 9.78 Å². The quantitative estimate of drug-likeness (QED) is 0.172. The molecule has 6 aromatic rings. The van der Waals surface area contributed by atoms with E-state index in [4.69, 9.17) is 28.2 Å². The lowest BCUT2D eigenvalue weighted by Crippen LogP contribution is -2.31. The molecule has 0 saturated carbocycles. The van der Waals surface area contributed by atoms with E-state index in [2.05, 4.69) is 15.3 Å². The van der Waals surface area contributed by atoms with Crippen LogP contribution in [0.15, 0.2) is 115 Å². The van der Waals surface area contributed by atoms with Crippen molar-refractivity contribution >= 4 is 57.6 Å². The maximum absolute atomic E-state index is 12.9. The highest BCUT2D eigenvalue weighted by Gasteiger charge is 2.37. The normalized spacial score (nSPS) is 12.7. The maximum atomic E-state index is 12.9. The van der Waals surface area contributed by atoms with Gasteiger partial charge in [-0.1, -0.05) is 53.5 Å². The van der Waals surface area contributed by atoms with Crippen LogP contribution in [0.4, 0.5) is 5.82 Å². The minimum atomic E-state index is -1.55. The first kappa shape index (κ1) is 28.9. The summed E-state index contributed by atoms with van der Waals surface area (Å²) in [5, 5.41) is 17.3. The predicted molar refractivity (Wildman–Crippen MR) is 173 cm³/mol. The fourth-order valence-corrected chi connectivity index (χ4v) is 6.03. The number of carbonyl (C=O) groups excluding carboxylic acids is 1. The number of fused-ring (bicyclic) bond motifs is 1. The number of aliphatic hydroxyl groups is 1. The fraction of sp³-hybridized carbons (Fsp3) is 0.0909. The van der Waals surface area contributed by atoms with Crippen molar-refractivity contribution in [3.63, 3.8) is 0 Å². The summed E-state index contributed by atoms with van der Waals surface area (Å²) in [6.45, 7) is 0. The first-order valence-electron chi connectivity index (χ1n) is 13.3. The van der Waals surface area contributed by atoms with E-state index in [1.165, 1.54) is 11.8 Å². The Labute approximate surface area is 262 Å². The number of hydrogen-bond donors (Lipinski definition) is 2. The van der Waals surface area contributed by atoms with Gasteiger partial charge < -0.3 is 15.0 Å². The van der Waals surface area contributed by atoms with Gasteiger partial charge in [-0.25, -0.2) is 9.97 Å². The molecule has 214 valence electrons. The molecule has 2 N–H and O–H groups in total. The third-order valence-corrected chi connectivity index (χ3v) is 8.60. The molecule has 3 heterocycles. The van der Waals surface area contributed by atoms with E-state index in [9.17, 15) is 9.90 Å². The Kier molecular flexibility index (Phi) is 8.19. The molecule has 0 bridgehead atoms. The molecule has 0 aliphatic rings. The third kappa shape index (κ3) is 6.00. The summed E-state index contributed by atoms with van der Waals surface area (Å²) >= 11 is 14.0. The summed E-state index contributed by atoms with van der Waals surface area (Å²) in [5.74, 6) is 0.444. The molecule has 0 radical (unpaired) electrons. The number of carbonyl (C=O) groups is 1. The van der Waals surface area contributed by atoms with Gasteiger partial charge in [0.05, 0.1) is 29.5 Å². The molecule has 1 unspecified atom stereocenters. The fourth-order valence-electron chi connectivity index (χ4n) is 5.03. The second-order valence-electron chi connectivity index (χ2n) is 9.92. The number of pyridine rings is 2. The number of benzene rings is 3. The first-order chi connectivity index (χ1) is 20.8. The number of rotatable bonds is 8. The molecular formula is C33H25Cl2N5O2S. The van der Waals surface area contributed by atoms with Crippen LogP contribution in [0.25, 0.3) is 22.0 Å². The Hall–Kier alpha value is -4.21. The SMILES string of the molecule is Cn1cncc1C(O)(c1ccc(Cl)cc1)c1ccc2nc(NC(=O)CSc3ccncc3)cc(-c3cccc(Cl)c3)c2c1. The zero-order valence-electron chi connectivity index (χ0n) is 22.9. The van der Waals surface area contributed by atoms with Gasteiger partial charge >= 0.3 is 0 Å². The highest BCUT2D eigenvalue weighted by atomic mass is 35.5. The molecule has 10 heteroatoms. The van der Waals surface area contributed by atoms with Crippen LogP contribution in [0.3, 0.4) is 0 Å². The number of hydrogen-bond acceptors (Lipinski definition) is 6. The van der Waals surface area contributed by atoms with E-state index in [0.717, 1.165) is 21.4 Å². The van der Waals surface area contributed by atoms with Gasteiger partial charge in [0.1, 0.15) is 5.82 Å². The van der Waals surface area contributed by atoms with Crippen molar-refractivity contribution in [2.24, 2.45) is 7.05 Å². The van der Waals surface area contributed by atoms with Gasteiger partial charge in [0.25, 0.3) is 0 Å². The molecule has 43 heavy (non-hydrogen) atoms. The molecule has 0 fully saturated rings. The van der Waals surface area contributed by atoms with Gasteiger partial charge in [0.15, 0.2) is 5.60 Å². The lowest BCUT2D eigenvalue weighted by atomic mass is 9.82. The average molecular weight is 627 g/mol. The molecule has 7 nitrogen and oxygen atoms in total. The van der Waals surface area contributed by atoms with Crippen molar-refractivity contribution in [2.75, 3.05) is 11.1 Å². The summed E-state index contributed by atoms with van der Waals surface area (Å²) in [6, 6.07) is 25.7. The van der Waals surface area contributed by atoms with Crippen molar-refractivity contribution in [1.29, 1.82) is 0 Å². The van der Waals surface area contributed by atoms with E-state index >= 15 is 0 Å². The minimum Gasteiger partial charge on any atom is -0.374 e. The number of nitrogens with one attached hydrogen (secondary N) is 1. The standard InChI is InChI=1S/C33H25Cl2N5O2S/c1-40-20-37-18-30(40)33(42,22-5-8-24(34)9-6-22)23-7-10-29-28(16-23)27(21-3-2-4-25(35)15-21)17-31(38-29)39-32(41)19-43-26-11-13-36-14-12-26/h2-18,20,42H,19H2,1H3,(H,38,39,41). The lowest BCUT2D eigenvalue weighted by Gasteiger charge is -2.30. The maximum Gasteiger partial charge on any atom is 0.235 e. The Bertz CT molecular complexity index is 1930. The van der Waals surface area contributed by atoms with E-state index < -0.39 is 5.60 Å². The second-order valence-corrected chi connectivity index (χ2v) is 11.8. The Balaban J connectivity index is 1.46. The van der Waals surface area contributed by atoms with Gasteiger partial charge in [-0.15, -0.1) is 11.8 Å². The van der Waals surface area contributed by atoms with Crippen LogP contribution in [-0.4, -0.2) is 36.3 Å². The van der Waals surface area contributed by atoms with Crippen LogP contribution in [-0.2, 0) is 17.4 Å². The van der Waals surface area contributed by atoms with Crippen LogP contribution in [0, 0.1) is 0 Å². The number of halogens is 2. The van der Waals surface area contributed by atoms with Crippen molar-refractivity contribution in [3.05, 3.63) is 137 Å². The minimum absolute atomic E-state index is 0.185. The number of anilines is 1. The average Bonchev–Trinajstić information content (AvgIpc) is 3.46. The molecule has 1 amide bonds. The van der Waals surface area contributed by atoms with Crippen LogP contribution < -0.4 is 5.32 Å². The molecule has 0 aliphatic heterocycles. The van der Waals surface area contributed by atoms with Gasteiger partial charge in [0, 0.05) is 39.8 Å². The van der Waals surface area contributed by atoms with E-state index in [-0.39, 0.29) is 11.7 Å². The van der Waals surface area contributed by atoms with Gasteiger partial charge in [-0.2, -0.15) is 0 Å². The molecule has 6 rings (SSSR count). The zero-order chi connectivity index (χ0) is 30.0. The highest BCUT2D eigenvalue weighted by molar-refractivity contribution is 8.00. The van der Waals surface area contributed by atoms with E-state index in [1.807, 2.05) is 61.6 Å². The van der Waals surface area contributed by atoms with E-state index in [0.29, 0.717) is 38.2 Å². The summed E-state index contributed by atoms with van der Waals surface area (Å²) in [4.78, 5) is 26.9. The number of nitrogens with zero attached hydrogens (tertiary/aromatic N) is 4. The topological polar surface area (TPSA) is 92.9 Å². The summed E-state index contributed by atoms with van der Waals surface area (Å²) in [5.41, 5.74) is 2.56. The van der Waals surface area contributed by atoms with Crippen LogP contribution >= 0.6 is 35.0 Å². The largest absolute Gasteiger partial charge is 0.374 e. The van der Waals surface area contributed by atoms with Crippen molar-refractivity contribution in [1.82, 2.24) is 19.5 Å². The number of imidazole rings is 1.